The number of benzene rings is 1. The van der Waals surface area contributed by atoms with Gasteiger partial charge in [-0.2, -0.15) is 0 Å². The standard InChI is InChI=1S/C14H17NO2S2/c1-2-3-7-12-8-4-5-9-13(12)15-19(16,17)14-10-6-11-18-14/h4-6,8-11,15H,2-3,7H2,1H3. The number of anilines is 1. The molecule has 0 amide bonds. The number of sulfonamides is 1. The number of nitrogens with one attached hydrogen (secondary N) is 1. The first-order valence-electron chi connectivity index (χ1n) is 6.27. The lowest BCUT2D eigenvalue weighted by atomic mass is 10.1. The van der Waals surface area contributed by atoms with Crippen LogP contribution in [0.4, 0.5) is 5.69 Å². The van der Waals surface area contributed by atoms with Gasteiger partial charge in [0.05, 0.1) is 5.69 Å². The van der Waals surface area contributed by atoms with E-state index in [4.69, 9.17) is 0 Å². The van der Waals surface area contributed by atoms with Crippen LogP contribution in [0.1, 0.15) is 25.3 Å². The van der Waals surface area contributed by atoms with Crippen molar-refractivity contribution in [3.63, 3.8) is 0 Å². The van der Waals surface area contributed by atoms with Crippen LogP contribution in [0.25, 0.3) is 0 Å². The highest BCUT2D eigenvalue weighted by molar-refractivity contribution is 7.94. The van der Waals surface area contributed by atoms with Crippen LogP contribution in [0.3, 0.4) is 0 Å². The molecule has 0 unspecified atom stereocenters. The largest absolute Gasteiger partial charge is 0.279 e. The summed E-state index contributed by atoms with van der Waals surface area (Å²) in [5.41, 5.74) is 1.73. The molecule has 5 heteroatoms. The Hall–Kier alpha value is -1.33. The Morgan fingerprint density at radius 3 is 2.63 bits per heavy atom. The maximum atomic E-state index is 12.2. The van der Waals surface area contributed by atoms with E-state index in [0.717, 1.165) is 24.8 Å². The molecule has 0 fully saturated rings. The van der Waals surface area contributed by atoms with Crippen LogP contribution in [0, 0.1) is 0 Å². The average Bonchev–Trinajstić information content (AvgIpc) is 2.92. The molecule has 0 bridgehead atoms. The van der Waals surface area contributed by atoms with Crippen LogP contribution in [0.2, 0.25) is 0 Å². The fourth-order valence-electron chi connectivity index (χ4n) is 1.82. The van der Waals surface area contributed by atoms with Gasteiger partial charge in [0, 0.05) is 0 Å². The highest BCUT2D eigenvalue weighted by atomic mass is 32.2. The number of hydrogen-bond donors (Lipinski definition) is 1. The van der Waals surface area contributed by atoms with Gasteiger partial charge in [-0.05, 0) is 35.9 Å². The summed E-state index contributed by atoms with van der Waals surface area (Å²) < 4.78 is 27.4. The van der Waals surface area contributed by atoms with Crippen molar-refractivity contribution < 1.29 is 8.42 Å². The van der Waals surface area contributed by atoms with Crippen molar-refractivity contribution in [1.29, 1.82) is 0 Å². The summed E-state index contributed by atoms with van der Waals surface area (Å²) in [7, 11) is -3.45. The van der Waals surface area contributed by atoms with Gasteiger partial charge in [0.2, 0.25) is 0 Å². The molecular weight excluding hydrogens is 278 g/mol. The third kappa shape index (κ3) is 3.58. The third-order valence-electron chi connectivity index (χ3n) is 2.82. The fraction of sp³-hybridized carbons (Fsp3) is 0.286. The first kappa shape index (κ1) is 14.1. The van der Waals surface area contributed by atoms with Crippen LogP contribution in [0.5, 0.6) is 0 Å². The predicted octanol–water partition coefficient (Wildman–Crippen LogP) is 3.89. The molecular formula is C14H17NO2S2. The molecule has 19 heavy (non-hydrogen) atoms. The number of hydrogen-bond acceptors (Lipinski definition) is 3. The van der Waals surface area contributed by atoms with Gasteiger partial charge < -0.3 is 0 Å². The second-order valence-electron chi connectivity index (χ2n) is 4.30. The second kappa shape index (κ2) is 6.21. The highest BCUT2D eigenvalue weighted by Crippen LogP contribution is 2.23. The van der Waals surface area contributed by atoms with Gasteiger partial charge >= 0.3 is 0 Å². The Morgan fingerprint density at radius 2 is 1.95 bits per heavy atom. The Kier molecular flexibility index (Phi) is 4.61. The SMILES string of the molecule is CCCCc1ccccc1NS(=O)(=O)c1cccs1. The maximum Gasteiger partial charge on any atom is 0.271 e. The van der Waals surface area contributed by atoms with E-state index in [0.29, 0.717) is 9.90 Å². The minimum atomic E-state index is -3.45. The lowest BCUT2D eigenvalue weighted by molar-refractivity contribution is 0.603. The van der Waals surface area contributed by atoms with Crippen LogP contribution in [0.15, 0.2) is 46.0 Å². The van der Waals surface area contributed by atoms with E-state index in [-0.39, 0.29) is 0 Å². The van der Waals surface area contributed by atoms with Crippen LogP contribution in [-0.4, -0.2) is 8.42 Å². The number of para-hydroxylation sites is 1. The topological polar surface area (TPSA) is 46.2 Å². The van der Waals surface area contributed by atoms with E-state index in [1.807, 2.05) is 24.3 Å². The zero-order chi connectivity index (χ0) is 13.7. The monoisotopic (exact) mass is 295 g/mol. The Morgan fingerprint density at radius 1 is 1.16 bits per heavy atom. The zero-order valence-corrected chi connectivity index (χ0v) is 12.4. The third-order valence-corrected chi connectivity index (χ3v) is 5.58. The summed E-state index contributed by atoms with van der Waals surface area (Å²) in [6.45, 7) is 2.12. The van der Waals surface area contributed by atoms with Crippen molar-refractivity contribution >= 4 is 27.0 Å². The summed E-state index contributed by atoms with van der Waals surface area (Å²) in [6, 6.07) is 10.9. The van der Waals surface area contributed by atoms with E-state index in [9.17, 15) is 8.42 Å². The lowest BCUT2D eigenvalue weighted by Crippen LogP contribution is -2.12. The molecule has 2 aromatic rings. The van der Waals surface area contributed by atoms with Crippen molar-refractivity contribution in [2.75, 3.05) is 4.72 Å². The Bertz CT molecular complexity index is 619. The van der Waals surface area contributed by atoms with Crippen LogP contribution >= 0.6 is 11.3 Å². The van der Waals surface area contributed by atoms with Crippen LogP contribution in [-0.2, 0) is 16.4 Å². The summed E-state index contributed by atoms with van der Waals surface area (Å²) in [6.07, 6.45) is 3.03. The van der Waals surface area contributed by atoms with Gasteiger partial charge in [-0.1, -0.05) is 37.6 Å². The molecule has 1 N–H and O–H groups in total. The quantitative estimate of drug-likeness (QED) is 0.878. The number of aryl methyl sites for hydroxylation is 1. The van der Waals surface area contributed by atoms with Crippen molar-refractivity contribution in [1.82, 2.24) is 0 Å². The fourth-order valence-corrected chi connectivity index (χ4v) is 3.91. The van der Waals surface area contributed by atoms with E-state index in [1.165, 1.54) is 11.3 Å². The molecule has 0 aliphatic heterocycles. The van der Waals surface area contributed by atoms with Gasteiger partial charge in [-0.15, -0.1) is 11.3 Å². The van der Waals surface area contributed by atoms with Gasteiger partial charge in [-0.3, -0.25) is 4.72 Å². The molecule has 0 spiro atoms. The van der Waals surface area contributed by atoms with E-state index >= 15 is 0 Å². The molecule has 0 radical (unpaired) electrons. The Balaban J connectivity index is 2.24. The first-order valence-corrected chi connectivity index (χ1v) is 8.64. The maximum absolute atomic E-state index is 12.2. The summed E-state index contributed by atoms with van der Waals surface area (Å²) in [5.74, 6) is 0. The normalized spacial score (nSPS) is 11.4. The van der Waals surface area contributed by atoms with E-state index in [2.05, 4.69) is 11.6 Å². The molecule has 102 valence electrons. The number of thiophene rings is 1. The van der Waals surface area contributed by atoms with Gasteiger partial charge in [0.25, 0.3) is 10.0 Å². The van der Waals surface area contributed by atoms with Crippen molar-refractivity contribution in [2.24, 2.45) is 0 Å². The van der Waals surface area contributed by atoms with Crippen molar-refractivity contribution in [2.45, 2.75) is 30.4 Å². The summed E-state index contributed by atoms with van der Waals surface area (Å²) in [4.78, 5) is 0. The molecule has 0 saturated carbocycles. The summed E-state index contributed by atoms with van der Waals surface area (Å²) in [5, 5.41) is 1.76. The molecule has 3 nitrogen and oxygen atoms in total. The molecule has 0 aliphatic rings. The molecule has 1 heterocycles. The zero-order valence-electron chi connectivity index (χ0n) is 10.8. The second-order valence-corrected chi connectivity index (χ2v) is 7.16. The minimum absolute atomic E-state index is 0.345. The van der Waals surface area contributed by atoms with Crippen LogP contribution < -0.4 is 4.72 Å². The van der Waals surface area contributed by atoms with Crippen molar-refractivity contribution in [3.8, 4) is 0 Å². The van der Waals surface area contributed by atoms with Gasteiger partial charge in [-0.25, -0.2) is 8.42 Å². The molecule has 1 aromatic heterocycles. The van der Waals surface area contributed by atoms with E-state index < -0.39 is 10.0 Å². The van der Waals surface area contributed by atoms with Gasteiger partial charge in [0.15, 0.2) is 0 Å². The smallest absolute Gasteiger partial charge is 0.271 e. The lowest BCUT2D eigenvalue weighted by Gasteiger charge is -2.11. The molecule has 0 saturated heterocycles. The molecule has 0 atom stereocenters. The van der Waals surface area contributed by atoms with Crippen molar-refractivity contribution in [3.05, 3.63) is 47.3 Å². The highest BCUT2D eigenvalue weighted by Gasteiger charge is 2.16. The Labute approximate surface area is 118 Å². The molecule has 0 aliphatic carbocycles. The predicted molar refractivity (Wildman–Crippen MR) is 80.2 cm³/mol. The molecule has 1 aromatic carbocycles. The minimum Gasteiger partial charge on any atom is -0.279 e. The number of rotatable bonds is 6. The first-order chi connectivity index (χ1) is 9.13. The van der Waals surface area contributed by atoms with E-state index in [1.54, 1.807) is 17.5 Å². The average molecular weight is 295 g/mol. The van der Waals surface area contributed by atoms with Gasteiger partial charge in [0.1, 0.15) is 4.21 Å². The number of unbranched alkanes of at least 4 members (excludes halogenated alkanes) is 1. The molecule has 2 rings (SSSR count). The summed E-state index contributed by atoms with van der Waals surface area (Å²) >= 11 is 1.22.